The summed E-state index contributed by atoms with van der Waals surface area (Å²) in [6.45, 7) is 2.62. The number of fused-ring (bicyclic) bond motifs is 1. The van der Waals surface area contributed by atoms with Crippen LogP contribution in [0.1, 0.15) is 18.9 Å². The zero-order valence-electron chi connectivity index (χ0n) is 14.7. The lowest BCUT2D eigenvalue weighted by atomic mass is 10.0. The smallest absolute Gasteiger partial charge is 0.220 e. The summed E-state index contributed by atoms with van der Waals surface area (Å²) in [5.41, 5.74) is 10.7. The summed E-state index contributed by atoms with van der Waals surface area (Å²) >= 11 is 1.52. The summed E-state index contributed by atoms with van der Waals surface area (Å²) in [5.74, 6) is 1.25. The van der Waals surface area contributed by atoms with E-state index in [1.807, 2.05) is 25.1 Å². The minimum absolute atomic E-state index is 0.0677. The van der Waals surface area contributed by atoms with Crippen molar-refractivity contribution in [3.8, 4) is 17.0 Å². The van der Waals surface area contributed by atoms with Crippen LogP contribution in [0.3, 0.4) is 0 Å². The molecule has 4 N–H and O–H groups in total. The number of aromatic nitrogens is 2. The van der Waals surface area contributed by atoms with E-state index in [2.05, 4.69) is 15.3 Å². The highest BCUT2D eigenvalue weighted by Gasteiger charge is 2.28. The number of hydrogen-bond donors (Lipinski definition) is 3. The van der Waals surface area contributed by atoms with Crippen molar-refractivity contribution in [1.29, 1.82) is 5.41 Å². The first-order chi connectivity index (χ1) is 13.0. The molecule has 1 amide bonds. The molecule has 1 aliphatic rings. The molecule has 138 valence electrons. The van der Waals surface area contributed by atoms with E-state index in [4.69, 9.17) is 15.9 Å². The highest BCUT2D eigenvalue weighted by molar-refractivity contribution is 7.17. The summed E-state index contributed by atoms with van der Waals surface area (Å²) in [6, 6.07) is 7.49. The molecule has 2 aromatic heterocycles. The average Bonchev–Trinajstić information content (AvgIpc) is 3.30. The third-order valence-corrected chi connectivity index (χ3v) is 5.65. The number of hydrogen-bond acceptors (Lipinski definition) is 7. The summed E-state index contributed by atoms with van der Waals surface area (Å²) in [5, 5.41) is 10.2. The highest BCUT2D eigenvalue weighted by atomic mass is 32.1. The predicted octanol–water partition coefficient (Wildman–Crippen LogP) is 2.84. The van der Waals surface area contributed by atoms with Crippen LogP contribution in [0.5, 0.6) is 5.75 Å². The molecule has 7 nitrogen and oxygen atoms in total. The maximum Gasteiger partial charge on any atom is 0.220 e. The molecule has 0 spiro atoms. The molecule has 0 aliphatic carbocycles. The van der Waals surface area contributed by atoms with Crippen LogP contribution in [0.4, 0.5) is 5.82 Å². The van der Waals surface area contributed by atoms with Gasteiger partial charge in [-0.3, -0.25) is 4.79 Å². The highest BCUT2D eigenvalue weighted by Crippen LogP contribution is 2.36. The van der Waals surface area contributed by atoms with Gasteiger partial charge in [0.2, 0.25) is 5.91 Å². The Kier molecular flexibility index (Phi) is 4.49. The second kappa shape index (κ2) is 6.96. The zero-order chi connectivity index (χ0) is 19.0. The fourth-order valence-electron chi connectivity index (χ4n) is 3.20. The standard InChI is InChI=1S/C19H19N5O2S/c1-10(13-6-17(25)22-8-13)26-16-5-12(4-15-18(16)27-9-23-15)14-3-2-11(7-20)19(21)24-14/h2-5,7,9-10,13,20H,6,8H2,1H3,(H2,21,24)(H,22,25)/t10-,13-/m1/s1. The van der Waals surface area contributed by atoms with Crippen molar-refractivity contribution < 1.29 is 9.53 Å². The largest absolute Gasteiger partial charge is 0.489 e. The second-order valence-corrected chi connectivity index (χ2v) is 7.44. The van der Waals surface area contributed by atoms with Gasteiger partial charge in [0.25, 0.3) is 0 Å². The summed E-state index contributed by atoms with van der Waals surface area (Å²) < 4.78 is 7.20. The van der Waals surface area contributed by atoms with E-state index in [9.17, 15) is 4.79 Å². The van der Waals surface area contributed by atoms with E-state index >= 15 is 0 Å². The lowest BCUT2D eigenvalue weighted by Crippen LogP contribution is -2.25. The molecular weight excluding hydrogens is 362 g/mol. The Morgan fingerprint density at radius 2 is 2.30 bits per heavy atom. The molecule has 1 aromatic carbocycles. The Morgan fingerprint density at radius 3 is 3.00 bits per heavy atom. The summed E-state index contributed by atoms with van der Waals surface area (Å²) in [7, 11) is 0. The third kappa shape index (κ3) is 3.35. The summed E-state index contributed by atoms with van der Waals surface area (Å²) in [4.78, 5) is 20.3. The minimum Gasteiger partial charge on any atom is -0.489 e. The lowest BCUT2D eigenvalue weighted by molar-refractivity contribution is -0.119. The van der Waals surface area contributed by atoms with Crippen LogP contribution < -0.4 is 15.8 Å². The fourth-order valence-corrected chi connectivity index (χ4v) is 3.92. The number of carbonyl (C=O) groups excluding carboxylic acids is 1. The monoisotopic (exact) mass is 381 g/mol. The van der Waals surface area contributed by atoms with Gasteiger partial charge in [0.1, 0.15) is 17.7 Å². The van der Waals surface area contributed by atoms with Gasteiger partial charge in [-0.05, 0) is 31.2 Å². The van der Waals surface area contributed by atoms with Gasteiger partial charge < -0.3 is 21.2 Å². The van der Waals surface area contributed by atoms with Crippen LogP contribution in [0.15, 0.2) is 29.8 Å². The molecule has 4 rings (SSSR count). The first kappa shape index (κ1) is 17.4. The van der Waals surface area contributed by atoms with Crippen LogP contribution in [-0.2, 0) is 4.79 Å². The summed E-state index contributed by atoms with van der Waals surface area (Å²) in [6.07, 6.45) is 1.56. The molecule has 3 heterocycles. The molecule has 0 unspecified atom stereocenters. The number of ether oxygens (including phenoxy) is 1. The molecule has 2 atom stereocenters. The number of rotatable bonds is 5. The van der Waals surface area contributed by atoms with Gasteiger partial charge in [-0.25, -0.2) is 9.97 Å². The molecule has 8 heteroatoms. The van der Waals surface area contributed by atoms with Gasteiger partial charge in [0.15, 0.2) is 0 Å². The molecule has 0 saturated carbocycles. The van der Waals surface area contributed by atoms with Crippen LogP contribution in [0.25, 0.3) is 21.5 Å². The molecule has 0 radical (unpaired) electrons. The van der Waals surface area contributed by atoms with E-state index in [0.717, 1.165) is 21.5 Å². The Labute approximate surface area is 160 Å². The number of thiazole rings is 1. The maximum atomic E-state index is 11.5. The van der Waals surface area contributed by atoms with Crippen molar-refractivity contribution in [1.82, 2.24) is 15.3 Å². The molecule has 1 saturated heterocycles. The average molecular weight is 381 g/mol. The Balaban J connectivity index is 1.70. The van der Waals surface area contributed by atoms with E-state index in [1.54, 1.807) is 11.6 Å². The van der Waals surface area contributed by atoms with Gasteiger partial charge >= 0.3 is 0 Å². The topological polar surface area (TPSA) is 114 Å². The van der Waals surface area contributed by atoms with Crippen molar-refractivity contribution in [2.24, 2.45) is 5.92 Å². The number of nitrogens with zero attached hydrogens (tertiary/aromatic N) is 2. The number of carbonyl (C=O) groups is 1. The van der Waals surface area contributed by atoms with Crippen LogP contribution in [0.2, 0.25) is 0 Å². The number of nitrogen functional groups attached to an aromatic ring is 1. The second-order valence-electron chi connectivity index (χ2n) is 6.58. The molecule has 3 aromatic rings. The van der Waals surface area contributed by atoms with Crippen molar-refractivity contribution in [2.75, 3.05) is 12.3 Å². The van der Waals surface area contributed by atoms with Crippen LogP contribution in [0, 0.1) is 11.3 Å². The molecule has 27 heavy (non-hydrogen) atoms. The first-order valence-electron chi connectivity index (χ1n) is 8.63. The SMILES string of the molecule is C[C@@H](Oc1cc(-c2ccc(C=N)c(N)n2)cc2ncsc12)[C@H]1CNC(=O)C1. The molecule has 0 bridgehead atoms. The molecular formula is C19H19N5O2S. The van der Waals surface area contributed by atoms with Gasteiger partial charge in [-0.2, -0.15) is 0 Å². The van der Waals surface area contributed by atoms with E-state index < -0.39 is 0 Å². The lowest BCUT2D eigenvalue weighted by Gasteiger charge is -2.20. The van der Waals surface area contributed by atoms with Crippen molar-refractivity contribution in [3.63, 3.8) is 0 Å². The minimum atomic E-state index is -0.109. The Hall–Kier alpha value is -3.00. The van der Waals surface area contributed by atoms with E-state index in [-0.39, 0.29) is 17.9 Å². The fraction of sp³-hybridized carbons (Fsp3) is 0.263. The third-order valence-electron chi connectivity index (χ3n) is 4.79. The zero-order valence-corrected chi connectivity index (χ0v) is 15.5. The van der Waals surface area contributed by atoms with E-state index in [0.29, 0.717) is 30.0 Å². The van der Waals surface area contributed by atoms with Gasteiger partial charge in [-0.1, -0.05) is 0 Å². The normalized spacial score (nSPS) is 17.7. The van der Waals surface area contributed by atoms with Crippen molar-refractivity contribution >= 4 is 39.5 Å². The van der Waals surface area contributed by atoms with Gasteiger partial charge in [-0.15, -0.1) is 11.3 Å². The van der Waals surface area contributed by atoms with Crippen molar-refractivity contribution in [3.05, 3.63) is 35.3 Å². The predicted molar refractivity (Wildman–Crippen MR) is 106 cm³/mol. The van der Waals surface area contributed by atoms with Crippen molar-refractivity contribution in [2.45, 2.75) is 19.4 Å². The maximum absolute atomic E-state index is 11.5. The molecule has 1 fully saturated rings. The van der Waals surface area contributed by atoms with Gasteiger partial charge in [0.05, 0.1) is 21.4 Å². The number of pyridine rings is 1. The Bertz CT molecular complexity index is 1030. The van der Waals surface area contributed by atoms with Gasteiger partial charge in [0, 0.05) is 36.2 Å². The number of amides is 1. The van der Waals surface area contributed by atoms with E-state index in [1.165, 1.54) is 17.6 Å². The quantitative estimate of drug-likeness (QED) is 0.588. The van der Waals surface area contributed by atoms with Crippen LogP contribution in [-0.4, -0.2) is 34.7 Å². The number of nitrogens with two attached hydrogens (primary N) is 1. The van der Waals surface area contributed by atoms with Crippen LogP contribution >= 0.6 is 11.3 Å². The first-order valence-corrected chi connectivity index (χ1v) is 9.51. The Morgan fingerprint density at radius 1 is 1.44 bits per heavy atom. The number of nitrogens with one attached hydrogen (secondary N) is 2. The number of anilines is 1. The number of benzene rings is 1. The molecule has 1 aliphatic heterocycles.